The van der Waals surface area contributed by atoms with Crippen LogP contribution in [0.2, 0.25) is 0 Å². The van der Waals surface area contributed by atoms with Gasteiger partial charge in [-0.25, -0.2) is 0 Å². The van der Waals surface area contributed by atoms with Crippen molar-refractivity contribution in [2.45, 2.75) is 13.5 Å². The van der Waals surface area contributed by atoms with Gasteiger partial charge in [-0.2, -0.15) is 0 Å². The van der Waals surface area contributed by atoms with Gasteiger partial charge in [0, 0.05) is 17.8 Å². The minimum absolute atomic E-state index is 0.136. The maximum absolute atomic E-state index is 13.5. The number of nitrogens with one attached hydrogen (secondary N) is 1. The summed E-state index contributed by atoms with van der Waals surface area (Å²) in [6, 6.07) is 18.1. The molecule has 3 aromatic carbocycles. The van der Waals surface area contributed by atoms with Crippen LogP contribution in [-0.4, -0.2) is 38.4 Å². The summed E-state index contributed by atoms with van der Waals surface area (Å²) < 4.78 is 21.9. The first-order valence-corrected chi connectivity index (χ1v) is 11.0. The number of rotatable bonds is 6. The van der Waals surface area contributed by atoms with Crippen LogP contribution < -0.4 is 29.2 Å². The van der Waals surface area contributed by atoms with E-state index in [2.05, 4.69) is 5.32 Å². The Morgan fingerprint density at radius 3 is 2.41 bits per heavy atom. The smallest absolute Gasteiger partial charge is 0.258 e. The maximum atomic E-state index is 13.5. The lowest BCUT2D eigenvalue weighted by Crippen LogP contribution is -2.41. The number of aryl methyl sites for hydroxylation is 1. The summed E-state index contributed by atoms with van der Waals surface area (Å²) in [7, 11) is 0. The second kappa shape index (κ2) is 9.35. The summed E-state index contributed by atoms with van der Waals surface area (Å²) in [5, 5.41) is 2.89. The number of carbonyl (C=O) groups excluding carboxylic acids is 2. The Labute approximate surface area is 197 Å². The van der Waals surface area contributed by atoms with Gasteiger partial charge in [0.15, 0.2) is 23.0 Å². The molecule has 0 saturated heterocycles. The van der Waals surface area contributed by atoms with Gasteiger partial charge in [0.2, 0.25) is 12.7 Å². The first-order valence-electron chi connectivity index (χ1n) is 11.0. The van der Waals surface area contributed by atoms with Crippen molar-refractivity contribution in [3.8, 4) is 23.0 Å². The van der Waals surface area contributed by atoms with E-state index in [1.807, 2.05) is 49.4 Å². The van der Waals surface area contributed by atoms with Crippen molar-refractivity contribution in [2.24, 2.45) is 0 Å². The number of carbonyl (C=O) groups is 2. The van der Waals surface area contributed by atoms with E-state index in [0.29, 0.717) is 54.0 Å². The van der Waals surface area contributed by atoms with E-state index in [1.54, 1.807) is 18.2 Å². The zero-order valence-electron chi connectivity index (χ0n) is 18.7. The van der Waals surface area contributed by atoms with Crippen LogP contribution in [0, 0.1) is 6.92 Å². The molecule has 0 unspecified atom stereocenters. The van der Waals surface area contributed by atoms with Crippen LogP contribution in [0.1, 0.15) is 21.5 Å². The maximum Gasteiger partial charge on any atom is 0.258 e. The van der Waals surface area contributed by atoms with Crippen LogP contribution in [0.25, 0.3) is 0 Å². The highest BCUT2D eigenvalue weighted by atomic mass is 16.7. The van der Waals surface area contributed by atoms with Crippen LogP contribution in [0.3, 0.4) is 0 Å². The summed E-state index contributed by atoms with van der Waals surface area (Å²) in [6.45, 7) is 3.16. The van der Waals surface area contributed by atoms with E-state index in [0.717, 1.165) is 11.1 Å². The number of nitrogens with zero attached hydrogens (tertiary/aromatic N) is 1. The zero-order valence-corrected chi connectivity index (χ0v) is 18.7. The van der Waals surface area contributed by atoms with Crippen molar-refractivity contribution in [3.63, 3.8) is 0 Å². The molecular weight excluding hydrogens is 436 g/mol. The third-order valence-electron chi connectivity index (χ3n) is 5.67. The fourth-order valence-electron chi connectivity index (χ4n) is 3.92. The lowest BCUT2D eigenvalue weighted by atomic mass is 10.1. The topological polar surface area (TPSA) is 86.3 Å². The predicted octanol–water partition coefficient (Wildman–Crippen LogP) is 3.46. The number of amides is 2. The Balaban J connectivity index is 1.34. The fourth-order valence-corrected chi connectivity index (χ4v) is 3.92. The molecule has 0 atom stereocenters. The normalized spacial score (nSPS) is 13.3. The lowest BCUT2D eigenvalue weighted by Gasteiger charge is -2.25. The van der Waals surface area contributed by atoms with Gasteiger partial charge < -0.3 is 24.3 Å². The molecule has 2 amide bonds. The number of para-hydroxylation sites is 1. The molecule has 0 aliphatic carbocycles. The highest BCUT2D eigenvalue weighted by Gasteiger charge is 2.24. The average Bonchev–Trinajstić information content (AvgIpc) is 3.34. The van der Waals surface area contributed by atoms with Crippen LogP contribution in [0.5, 0.6) is 23.0 Å². The molecular formula is C26H24N2O6. The summed E-state index contributed by atoms with van der Waals surface area (Å²) in [5.41, 5.74) is 2.84. The minimum Gasteiger partial charge on any atom is -0.486 e. The quantitative estimate of drug-likeness (QED) is 0.606. The molecule has 0 bridgehead atoms. The van der Waals surface area contributed by atoms with E-state index in [4.69, 9.17) is 18.9 Å². The predicted molar refractivity (Wildman–Crippen MR) is 125 cm³/mol. The van der Waals surface area contributed by atoms with E-state index >= 15 is 0 Å². The molecule has 0 fully saturated rings. The molecule has 0 radical (unpaired) electrons. The molecule has 0 spiro atoms. The van der Waals surface area contributed by atoms with Gasteiger partial charge in [-0.1, -0.05) is 24.3 Å². The van der Waals surface area contributed by atoms with Crippen LogP contribution in [0.15, 0.2) is 60.7 Å². The molecule has 2 heterocycles. The number of fused-ring (bicyclic) bond motifs is 2. The molecule has 5 rings (SSSR count). The van der Waals surface area contributed by atoms with Crippen LogP contribution in [-0.2, 0) is 11.3 Å². The summed E-state index contributed by atoms with van der Waals surface area (Å²) in [5.74, 6) is 1.88. The minimum atomic E-state index is -0.301. The number of ether oxygens (including phenoxy) is 4. The monoisotopic (exact) mass is 460 g/mol. The highest BCUT2D eigenvalue weighted by molar-refractivity contribution is 6.09. The largest absolute Gasteiger partial charge is 0.486 e. The van der Waals surface area contributed by atoms with Crippen molar-refractivity contribution in [1.82, 2.24) is 5.32 Å². The lowest BCUT2D eigenvalue weighted by molar-refractivity contribution is -0.119. The molecule has 2 aliphatic rings. The molecule has 34 heavy (non-hydrogen) atoms. The summed E-state index contributed by atoms with van der Waals surface area (Å²) in [4.78, 5) is 27.9. The third-order valence-corrected chi connectivity index (χ3v) is 5.67. The van der Waals surface area contributed by atoms with Crippen molar-refractivity contribution >= 4 is 17.5 Å². The van der Waals surface area contributed by atoms with Gasteiger partial charge in [-0.15, -0.1) is 0 Å². The number of anilines is 1. The van der Waals surface area contributed by atoms with Crippen molar-refractivity contribution in [3.05, 3.63) is 77.4 Å². The van der Waals surface area contributed by atoms with Crippen LogP contribution >= 0.6 is 0 Å². The van der Waals surface area contributed by atoms with Gasteiger partial charge in [0.25, 0.3) is 5.91 Å². The molecule has 8 nitrogen and oxygen atoms in total. The van der Waals surface area contributed by atoms with Gasteiger partial charge in [-0.05, 0) is 54.4 Å². The average molecular weight is 460 g/mol. The molecule has 174 valence electrons. The van der Waals surface area contributed by atoms with Crippen LogP contribution in [0.4, 0.5) is 5.69 Å². The molecule has 0 aromatic heterocycles. The Morgan fingerprint density at radius 2 is 1.56 bits per heavy atom. The van der Waals surface area contributed by atoms with Crippen molar-refractivity contribution in [1.29, 1.82) is 0 Å². The number of hydrogen-bond donors (Lipinski definition) is 1. The highest BCUT2D eigenvalue weighted by Crippen LogP contribution is 2.33. The number of benzene rings is 3. The van der Waals surface area contributed by atoms with Gasteiger partial charge >= 0.3 is 0 Å². The first kappa shape index (κ1) is 21.6. The molecule has 1 N–H and O–H groups in total. The fraction of sp³-hybridized carbons (Fsp3) is 0.231. The Morgan fingerprint density at radius 1 is 0.853 bits per heavy atom. The Bertz CT molecular complexity index is 1240. The third kappa shape index (κ3) is 4.47. The van der Waals surface area contributed by atoms with Crippen molar-refractivity contribution in [2.75, 3.05) is 31.5 Å². The standard InChI is InChI=1S/C26H24N2O6/c1-17-4-2-3-5-20(17)28(26(30)19-7-9-21-24(13-19)32-11-10-31-21)15-25(29)27-14-18-6-8-22-23(12-18)34-16-33-22/h2-9,12-13H,10-11,14-16H2,1H3,(H,27,29). The van der Waals surface area contributed by atoms with Gasteiger partial charge in [-0.3, -0.25) is 14.5 Å². The molecule has 3 aromatic rings. The van der Waals surface area contributed by atoms with Crippen molar-refractivity contribution < 1.29 is 28.5 Å². The molecule has 0 saturated carbocycles. The second-order valence-corrected chi connectivity index (χ2v) is 8.00. The van der Waals surface area contributed by atoms with E-state index in [-0.39, 0.29) is 25.2 Å². The van der Waals surface area contributed by atoms with E-state index in [9.17, 15) is 9.59 Å². The summed E-state index contributed by atoms with van der Waals surface area (Å²) >= 11 is 0. The molecule has 8 heteroatoms. The van der Waals surface area contributed by atoms with Gasteiger partial charge in [0.05, 0.1) is 0 Å². The van der Waals surface area contributed by atoms with E-state index < -0.39 is 0 Å². The Kier molecular flexibility index (Phi) is 5.95. The Hall–Kier alpha value is -4.20. The first-order chi connectivity index (χ1) is 16.6. The van der Waals surface area contributed by atoms with Gasteiger partial charge in [0.1, 0.15) is 19.8 Å². The zero-order chi connectivity index (χ0) is 23.5. The second-order valence-electron chi connectivity index (χ2n) is 8.00. The SMILES string of the molecule is Cc1ccccc1N(CC(=O)NCc1ccc2c(c1)OCO2)C(=O)c1ccc2c(c1)OCCO2. The number of hydrogen-bond acceptors (Lipinski definition) is 6. The molecule has 2 aliphatic heterocycles. The van der Waals surface area contributed by atoms with E-state index in [1.165, 1.54) is 4.90 Å². The summed E-state index contributed by atoms with van der Waals surface area (Å²) in [6.07, 6.45) is 0.